The van der Waals surface area contributed by atoms with Gasteiger partial charge in [0.25, 0.3) is 5.91 Å². The topological polar surface area (TPSA) is 51.7 Å². The van der Waals surface area contributed by atoms with Gasteiger partial charge < -0.3 is 10.2 Å². The first kappa shape index (κ1) is 28.0. The minimum atomic E-state index is -0.542. The van der Waals surface area contributed by atoms with E-state index in [1.807, 2.05) is 24.3 Å². The second-order valence-electron chi connectivity index (χ2n) is 10.1. The average Bonchev–Trinajstić information content (AvgIpc) is 2.94. The molecule has 0 spiro atoms. The summed E-state index contributed by atoms with van der Waals surface area (Å²) in [5.74, 6) is -0.524. The number of benzene rings is 2. The van der Waals surface area contributed by atoms with Crippen LogP contribution in [-0.4, -0.2) is 66.0 Å². The number of hydrogen-bond donors (Lipinski definition) is 1. The molecule has 5 rings (SSSR count). The Morgan fingerprint density at radius 1 is 1.00 bits per heavy atom. The van der Waals surface area contributed by atoms with Crippen LogP contribution >= 0.6 is 27.5 Å². The number of amides is 1. The quantitative estimate of drug-likeness (QED) is 0.380. The van der Waals surface area contributed by atoms with Gasteiger partial charge in [-0.1, -0.05) is 45.7 Å². The standard InChI is InChI=1S/C29H31BrClF2N5O/c30-23-4-1-20(2-5-23)17-35-29(39)22-15-26(31)28(34-18-22)38-13-11-37(12-14-38)25-7-9-36(10-8-25)19-21-3-6-24(32)16-27(21)33/h1-6,15-16,18,25H,7-14,17,19H2,(H,35,39). The molecule has 0 radical (unpaired) electrons. The molecule has 2 fully saturated rings. The molecule has 1 N–H and O–H groups in total. The molecule has 6 nitrogen and oxygen atoms in total. The van der Waals surface area contributed by atoms with E-state index in [9.17, 15) is 13.6 Å². The number of piperazine rings is 1. The van der Waals surface area contributed by atoms with Crippen LogP contribution in [0.15, 0.2) is 59.2 Å². The van der Waals surface area contributed by atoms with E-state index < -0.39 is 11.6 Å². The summed E-state index contributed by atoms with van der Waals surface area (Å²) in [6, 6.07) is 13.8. The van der Waals surface area contributed by atoms with Gasteiger partial charge in [-0.2, -0.15) is 0 Å². The molecule has 206 valence electrons. The number of likely N-dealkylation sites (tertiary alicyclic amines) is 1. The van der Waals surface area contributed by atoms with Crippen molar-refractivity contribution >= 4 is 39.3 Å². The van der Waals surface area contributed by atoms with Crippen LogP contribution < -0.4 is 10.2 Å². The van der Waals surface area contributed by atoms with Gasteiger partial charge in [0, 0.05) is 67.6 Å². The van der Waals surface area contributed by atoms with Gasteiger partial charge in [0.05, 0.1) is 10.6 Å². The lowest BCUT2D eigenvalue weighted by molar-refractivity contribution is 0.0950. The maximum Gasteiger partial charge on any atom is 0.253 e. The van der Waals surface area contributed by atoms with E-state index in [4.69, 9.17) is 11.6 Å². The number of anilines is 1. The van der Waals surface area contributed by atoms with E-state index in [0.717, 1.165) is 68.2 Å². The van der Waals surface area contributed by atoms with Gasteiger partial charge in [-0.15, -0.1) is 0 Å². The molecule has 3 heterocycles. The van der Waals surface area contributed by atoms with Gasteiger partial charge in [-0.25, -0.2) is 13.8 Å². The Hall–Kier alpha value is -2.59. The van der Waals surface area contributed by atoms with Crippen molar-refractivity contribution in [1.29, 1.82) is 0 Å². The number of carbonyl (C=O) groups is 1. The molecule has 10 heteroatoms. The van der Waals surface area contributed by atoms with Crippen LogP contribution in [0.2, 0.25) is 5.02 Å². The van der Waals surface area contributed by atoms with E-state index in [2.05, 4.69) is 40.9 Å². The normalized spacial score (nSPS) is 17.4. The SMILES string of the molecule is O=C(NCc1ccc(Br)cc1)c1cnc(N2CCN(C3CCN(Cc4ccc(F)cc4F)CC3)CC2)c(Cl)c1. The Labute approximate surface area is 241 Å². The Kier molecular flexibility index (Phi) is 9.12. The number of halogens is 4. The third kappa shape index (κ3) is 7.14. The van der Waals surface area contributed by atoms with Crippen LogP contribution in [0.1, 0.15) is 34.3 Å². The lowest BCUT2D eigenvalue weighted by Crippen LogP contribution is -2.53. The number of piperidine rings is 1. The second kappa shape index (κ2) is 12.7. The van der Waals surface area contributed by atoms with E-state index in [0.29, 0.717) is 41.1 Å². The molecule has 2 aromatic carbocycles. The van der Waals surface area contributed by atoms with Crippen molar-refractivity contribution < 1.29 is 13.6 Å². The predicted molar refractivity (Wildman–Crippen MR) is 153 cm³/mol. The number of nitrogens with one attached hydrogen (secondary N) is 1. The van der Waals surface area contributed by atoms with Gasteiger partial charge in [-0.05, 0) is 55.8 Å². The molecule has 1 aromatic heterocycles. The first-order valence-corrected chi connectivity index (χ1v) is 14.4. The Balaban J connectivity index is 1.08. The van der Waals surface area contributed by atoms with Gasteiger partial charge in [0.1, 0.15) is 17.5 Å². The van der Waals surface area contributed by atoms with Gasteiger partial charge in [0.2, 0.25) is 0 Å². The fourth-order valence-corrected chi connectivity index (χ4v) is 5.86. The number of carbonyl (C=O) groups excluding carboxylic acids is 1. The molecule has 2 aliphatic rings. The van der Waals surface area contributed by atoms with Crippen molar-refractivity contribution in [3.63, 3.8) is 0 Å². The van der Waals surface area contributed by atoms with Crippen molar-refractivity contribution in [1.82, 2.24) is 20.1 Å². The fraction of sp³-hybridized carbons (Fsp3) is 0.379. The lowest BCUT2D eigenvalue weighted by Gasteiger charge is -2.43. The second-order valence-corrected chi connectivity index (χ2v) is 11.4. The maximum atomic E-state index is 14.0. The summed E-state index contributed by atoms with van der Waals surface area (Å²) in [5, 5.41) is 3.39. The largest absolute Gasteiger partial charge is 0.353 e. The van der Waals surface area contributed by atoms with Crippen molar-refractivity contribution in [2.24, 2.45) is 0 Å². The zero-order chi connectivity index (χ0) is 27.4. The van der Waals surface area contributed by atoms with E-state index in [1.54, 1.807) is 12.3 Å². The van der Waals surface area contributed by atoms with Crippen molar-refractivity contribution in [3.05, 3.63) is 92.5 Å². The van der Waals surface area contributed by atoms with E-state index >= 15 is 0 Å². The summed E-state index contributed by atoms with van der Waals surface area (Å²) in [6.07, 6.45) is 3.63. The number of hydrogen-bond acceptors (Lipinski definition) is 5. The fourth-order valence-electron chi connectivity index (χ4n) is 5.31. The maximum absolute atomic E-state index is 14.0. The summed E-state index contributed by atoms with van der Waals surface area (Å²) in [7, 11) is 0. The average molecular weight is 619 g/mol. The smallest absolute Gasteiger partial charge is 0.253 e. The summed E-state index contributed by atoms with van der Waals surface area (Å²) in [5.41, 5.74) is 1.99. The molecule has 2 saturated heterocycles. The Bertz CT molecular complexity index is 1300. The van der Waals surface area contributed by atoms with Crippen molar-refractivity contribution in [3.8, 4) is 0 Å². The van der Waals surface area contributed by atoms with Crippen molar-refractivity contribution in [2.45, 2.75) is 32.0 Å². The zero-order valence-electron chi connectivity index (χ0n) is 21.6. The first-order chi connectivity index (χ1) is 18.9. The molecular formula is C29H31BrClF2N5O. The summed E-state index contributed by atoms with van der Waals surface area (Å²) < 4.78 is 28.2. The Morgan fingerprint density at radius 3 is 2.38 bits per heavy atom. The number of aromatic nitrogens is 1. The van der Waals surface area contributed by atoms with Gasteiger partial charge >= 0.3 is 0 Å². The molecule has 3 aromatic rings. The monoisotopic (exact) mass is 617 g/mol. The lowest BCUT2D eigenvalue weighted by atomic mass is 10.0. The highest BCUT2D eigenvalue weighted by molar-refractivity contribution is 9.10. The molecule has 1 amide bonds. The molecule has 0 atom stereocenters. The molecule has 0 saturated carbocycles. The minimum absolute atomic E-state index is 0.211. The molecule has 39 heavy (non-hydrogen) atoms. The number of rotatable bonds is 7. The molecule has 0 unspecified atom stereocenters. The van der Waals surface area contributed by atoms with Crippen LogP contribution in [0.3, 0.4) is 0 Å². The minimum Gasteiger partial charge on any atom is -0.353 e. The zero-order valence-corrected chi connectivity index (χ0v) is 23.9. The third-order valence-corrected chi connectivity index (χ3v) is 8.35. The number of pyridine rings is 1. The summed E-state index contributed by atoms with van der Waals surface area (Å²) in [4.78, 5) is 24.1. The van der Waals surface area contributed by atoms with Gasteiger partial charge in [0.15, 0.2) is 0 Å². The molecule has 0 bridgehead atoms. The first-order valence-electron chi connectivity index (χ1n) is 13.2. The molecule has 2 aliphatic heterocycles. The van der Waals surface area contributed by atoms with Crippen LogP contribution in [0.4, 0.5) is 14.6 Å². The molecule has 0 aliphatic carbocycles. The van der Waals surface area contributed by atoms with Crippen LogP contribution in [0.25, 0.3) is 0 Å². The van der Waals surface area contributed by atoms with Crippen LogP contribution in [-0.2, 0) is 13.1 Å². The summed E-state index contributed by atoms with van der Waals surface area (Å²) in [6.45, 7) is 6.15. The van der Waals surface area contributed by atoms with Crippen molar-refractivity contribution in [2.75, 3.05) is 44.2 Å². The van der Waals surface area contributed by atoms with Crippen LogP contribution in [0.5, 0.6) is 0 Å². The Morgan fingerprint density at radius 2 is 1.72 bits per heavy atom. The number of nitrogens with zero attached hydrogens (tertiary/aromatic N) is 4. The van der Waals surface area contributed by atoms with E-state index in [-0.39, 0.29) is 5.91 Å². The third-order valence-electron chi connectivity index (χ3n) is 7.55. The highest BCUT2D eigenvalue weighted by Crippen LogP contribution is 2.27. The predicted octanol–water partition coefficient (Wildman–Crippen LogP) is 5.49. The van der Waals surface area contributed by atoms with Crippen LogP contribution in [0, 0.1) is 11.6 Å². The van der Waals surface area contributed by atoms with E-state index in [1.165, 1.54) is 12.1 Å². The highest BCUT2D eigenvalue weighted by atomic mass is 79.9. The summed E-state index contributed by atoms with van der Waals surface area (Å²) >= 11 is 9.98. The highest BCUT2D eigenvalue weighted by Gasteiger charge is 2.29. The molecular weight excluding hydrogens is 588 g/mol. The van der Waals surface area contributed by atoms with Gasteiger partial charge in [-0.3, -0.25) is 14.6 Å².